The lowest BCUT2D eigenvalue weighted by atomic mass is 10.2. The molecule has 0 aliphatic rings. The first-order chi connectivity index (χ1) is 9.92. The Balaban J connectivity index is 2.27. The zero-order valence-corrected chi connectivity index (χ0v) is 13.1. The lowest BCUT2D eigenvalue weighted by molar-refractivity contribution is 0.299. The van der Waals surface area contributed by atoms with Crippen LogP contribution in [-0.2, 0) is 16.4 Å². The molecule has 0 atom stereocenters. The predicted molar refractivity (Wildman–Crippen MR) is 84.2 cm³/mol. The van der Waals surface area contributed by atoms with Gasteiger partial charge in [0.25, 0.3) is 10.0 Å². The summed E-state index contributed by atoms with van der Waals surface area (Å²) in [5.74, 6) is 0. The van der Waals surface area contributed by atoms with E-state index in [-0.39, 0.29) is 11.5 Å². The number of aliphatic hydroxyl groups is 1. The third kappa shape index (κ3) is 3.97. The van der Waals surface area contributed by atoms with Crippen LogP contribution in [0.4, 0.5) is 5.69 Å². The number of aliphatic hydroxyl groups excluding tert-OH is 1. The van der Waals surface area contributed by atoms with Gasteiger partial charge in [-0.3, -0.25) is 4.72 Å². The molecule has 0 spiro atoms. The van der Waals surface area contributed by atoms with Gasteiger partial charge in [0.15, 0.2) is 0 Å². The van der Waals surface area contributed by atoms with Gasteiger partial charge >= 0.3 is 0 Å². The number of sulfonamides is 1. The van der Waals surface area contributed by atoms with Crippen molar-refractivity contribution in [3.63, 3.8) is 0 Å². The van der Waals surface area contributed by atoms with E-state index in [1.165, 1.54) is 12.1 Å². The van der Waals surface area contributed by atoms with Gasteiger partial charge in [0.2, 0.25) is 0 Å². The summed E-state index contributed by atoms with van der Waals surface area (Å²) in [6.45, 7) is 1.89. The highest BCUT2D eigenvalue weighted by Crippen LogP contribution is 2.25. The van der Waals surface area contributed by atoms with Crippen molar-refractivity contribution in [3.8, 4) is 0 Å². The summed E-state index contributed by atoms with van der Waals surface area (Å²) in [7, 11) is -3.68. The fraction of sp³-hybridized carbons (Fsp3) is 0.200. The van der Waals surface area contributed by atoms with E-state index in [0.717, 1.165) is 11.1 Å². The Labute approximate surface area is 129 Å². The summed E-state index contributed by atoms with van der Waals surface area (Å²) in [6, 6.07) is 11.5. The molecular weight excluding hydrogens is 310 g/mol. The van der Waals surface area contributed by atoms with E-state index in [9.17, 15) is 8.42 Å². The van der Waals surface area contributed by atoms with E-state index in [1.54, 1.807) is 24.3 Å². The van der Waals surface area contributed by atoms with E-state index in [0.29, 0.717) is 17.1 Å². The van der Waals surface area contributed by atoms with Crippen LogP contribution >= 0.6 is 11.6 Å². The Morgan fingerprint density at radius 1 is 1.14 bits per heavy atom. The minimum absolute atomic E-state index is 0.0310. The van der Waals surface area contributed by atoms with Crippen molar-refractivity contribution >= 4 is 27.3 Å². The maximum absolute atomic E-state index is 12.3. The van der Waals surface area contributed by atoms with Crippen molar-refractivity contribution < 1.29 is 13.5 Å². The number of rotatable bonds is 5. The summed E-state index contributed by atoms with van der Waals surface area (Å²) >= 11 is 6.00. The molecule has 0 saturated heterocycles. The predicted octanol–water partition coefficient (Wildman–Crippen LogP) is 2.98. The largest absolute Gasteiger partial charge is 0.396 e. The lowest BCUT2D eigenvalue weighted by Crippen LogP contribution is -2.13. The normalized spacial score (nSPS) is 11.4. The molecule has 2 aromatic carbocycles. The van der Waals surface area contributed by atoms with E-state index in [1.807, 2.05) is 13.0 Å². The zero-order valence-electron chi connectivity index (χ0n) is 11.5. The second-order valence-corrected chi connectivity index (χ2v) is 6.80. The van der Waals surface area contributed by atoms with Crippen LogP contribution < -0.4 is 4.72 Å². The number of halogens is 1. The molecule has 0 fully saturated rings. The number of benzene rings is 2. The average Bonchev–Trinajstić information content (AvgIpc) is 2.44. The van der Waals surface area contributed by atoms with E-state index in [2.05, 4.69) is 4.72 Å². The van der Waals surface area contributed by atoms with E-state index >= 15 is 0 Å². The number of nitrogens with one attached hydrogen (secondary N) is 1. The molecule has 112 valence electrons. The monoisotopic (exact) mass is 325 g/mol. The van der Waals surface area contributed by atoms with Crippen molar-refractivity contribution in [1.29, 1.82) is 0 Å². The van der Waals surface area contributed by atoms with Crippen LogP contribution in [0, 0.1) is 6.92 Å². The maximum Gasteiger partial charge on any atom is 0.261 e. The fourth-order valence-electron chi connectivity index (χ4n) is 1.89. The number of hydrogen-bond acceptors (Lipinski definition) is 3. The fourth-order valence-corrected chi connectivity index (χ4v) is 3.18. The Morgan fingerprint density at radius 3 is 2.43 bits per heavy atom. The van der Waals surface area contributed by atoms with Crippen LogP contribution in [0.3, 0.4) is 0 Å². The second-order valence-electron chi connectivity index (χ2n) is 4.71. The SMILES string of the molecule is Cc1ccc(Cl)c(NS(=O)(=O)c2ccc(CCO)cc2)c1. The Kier molecular flexibility index (Phi) is 4.88. The molecule has 4 nitrogen and oxygen atoms in total. The number of hydrogen-bond donors (Lipinski definition) is 2. The molecule has 0 unspecified atom stereocenters. The van der Waals surface area contributed by atoms with Crippen LogP contribution in [0.2, 0.25) is 5.02 Å². The van der Waals surface area contributed by atoms with Crippen molar-refractivity contribution in [2.45, 2.75) is 18.2 Å². The maximum atomic E-state index is 12.3. The minimum atomic E-state index is -3.68. The summed E-state index contributed by atoms with van der Waals surface area (Å²) in [4.78, 5) is 0.154. The molecule has 21 heavy (non-hydrogen) atoms. The Hall–Kier alpha value is -1.56. The molecule has 0 aliphatic heterocycles. The Bertz CT molecular complexity index is 727. The smallest absolute Gasteiger partial charge is 0.261 e. The molecule has 2 aromatic rings. The van der Waals surface area contributed by atoms with Crippen LogP contribution in [0.5, 0.6) is 0 Å². The van der Waals surface area contributed by atoms with Crippen LogP contribution in [0.1, 0.15) is 11.1 Å². The summed E-state index contributed by atoms with van der Waals surface area (Å²) in [5.41, 5.74) is 2.15. The molecular formula is C15H16ClNO3S. The van der Waals surface area contributed by atoms with Gasteiger partial charge in [-0.25, -0.2) is 8.42 Å². The van der Waals surface area contributed by atoms with Crippen LogP contribution in [0.15, 0.2) is 47.4 Å². The van der Waals surface area contributed by atoms with Gasteiger partial charge in [-0.2, -0.15) is 0 Å². The van der Waals surface area contributed by atoms with Crippen molar-refractivity contribution in [3.05, 3.63) is 58.6 Å². The van der Waals surface area contributed by atoms with Crippen LogP contribution in [0.25, 0.3) is 0 Å². The molecule has 0 heterocycles. The first kappa shape index (κ1) is 15.8. The average molecular weight is 326 g/mol. The summed E-state index contributed by atoms with van der Waals surface area (Å²) < 4.78 is 27.1. The summed E-state index contributed by atoms with van der Waals surface area (Å²) in [5, 5.41) is 9.20. The van der Waals surface area contributed by atoms with Crippen LogP contribution in [-0.4, -0.2) is 20.1 Å². The van der Waals surface area contributed by atoms with Gasteiger partial charge in [0.05, 0.1) is 15.6 Å². The highest BCUT2D eigenvalue weighted by atomic mass is 35.5. The molecule has 0 aliphatic carbocycles. The first-order valence-electron chi connectivity index (χ1n) is 6.41. The standard InChI is InChI=1S/C15H16ClNO3S/c1-11-2-7-14(16)15(10-11)17-21(19,20)13-5-3-12(4-6-13)8-9-18/h2-7,10,17-18H,8-9H2,1H3. The topological polar surface area (TPSA) is 66.4 Å². The second kappa shape index (κ2) is 6.47. The summed E-state index contributed by atoms with van der Waals surface area (Å²) in [6.07, 6.45) is 0.497. The molecule has 2 N–H and O–H groups in total. The highest BCUT2D eigenvalue weighted by Gasteiger charge is 2.15. The molecule has 0 amide bonds. The van der Waals surface area contributed by atoms with Crippen molar-refractivity contribution in [2.75, 3.05) is 11.3 Å². The third-order valence-corrected chi connectivity index (χ3v) is 4.71. The molecule has 2 rings (SSSR count). The molecule has 0 aromatic heterocycles. The first-order valence-corrected chi connectivity index (χ1v) is 8.27. The van der Waals surface area contributed by atoms with Gasteiger partial charge in [0, 0.05) is 6.61 Å². The lowest BCUT2D eigenvalue weighted by Gasteiger charge is -2.11. The molecule has 0 radical (unpaired) electrons. The quantitative estimate of drug-likeness (QED) is 0.888. The molecule has 6 heteroatoms. The van der Waals surface area contributed by atoms with Gasteiger partial charge < -0.3 is 5.11 Å². The van der Waals surface area contributed by atoms with Crippen molar-refractivity contribution in [1.82, 2.24) is 0 Å². The number of anilines is 1. The molecule has 0 saturated carbocycles. The van der Waals surface area contributed by atoms with E-state index < -0.39 is 10.0 Å². The van der Waals surface area contributed by atoms with Crippen molar-refractivity contribution in [2.24, 2.45) is 0 Å². The van der Waals surface area contributed by atoms with Gasteiger partial charge in [0.1, 0.15) is 0 Å². The third-order valence-electron chi connectivity index (χ3n) is 3.00. The van der Waals surface area contributed by atoms with E-state index in [4.69, 9.17) is 16.7 Å². The van der Waals surface area contributed by atoms with Gasteiger partial charge in [-0.15, -0.1) is 0 Å². The minimum Gasteiger partial charge on any atom is -0.396 e. The molecule has 0 bridgehead atoms. The Morgan fingerprint density at radius 2 is 1.81 bits per heavy atom. The zero-order chi connectivity index (χ0) is 15.5. The van der Waals surface area contributed by atoms with Gasteiger partial charge in [-0.1, -0.05) is 29.8 Å². The highest BCUT2D eigenvalue weighted by molar-refractivity contribution is 7.92. The van der Waals surface area contributed by atoms with Gasteiger partial charge in [-0.05, 0) is 48.7 Å². The number of aryl methyl sites for hydroxylation is 1.